The molecule has 0 fully saturated rings. The van der Waals surface area contributed by atoms with Crippen molar-refractivity contribution in [3.63, 3.8) is 0 Å². The summed E-state index contributed by atoms with van der Waals surface area (Å²) in [6.45, 7) is 9.25. The van der Waals surface area contributed by atoms with Crippen LogP contribution in [-0.2, 0) is 6.54 Å². The van der Waals surface area contributed by atoms with Gasteiger partial charge in [0, 0.05) is 18.2 Å². The van der Waals surface area contributed by atoms with Gasteiger partial charge in [-0.2, -0.15) is 0 Å². The van der Waals surface area contributed by atoms with Crippen LogP contribution in [0.4, 0.5) is 0 Å². The molecule has 0 amide bonds. The minimum Gasteiger partial charge on any atom is -0.497 e. The molecule has 3 heteroatoms. The van der Waals surface area contributed by atoms with E-state index in [1.807, 2.05) is 28.8 Å². The normalized spacial score (nSPS) is 11.6. The Labute approximate surface area is 126 Å². The highest BCUT2D eigenvalue weighted by Crippen LogP contribution is 2.23. The molecule has 0 spiro atoms. The highest BCUT2D eigenvalue weighted by atomic mass is 16.5. The van der Waals surface area contributed by atoms with Gasteiger partial charge >= 0.3 is 0 Å². The quantitative estimate of drug-likeness (QED) is 0.826. The Kier molecular flexibility index (Phi) is 4.71. The van der Waals surface area contributed by atoms with Crippen LogP contribution < -0.4 is 10.3 Å². The van der Waals surface area contributed by atoms with Crippen molar-refractivity contribution in [1.82, 2.24) is 4.57 Å². The average Bonchev–Trinajstić information content (AvgIpc) is 2.44. The SMILES string of the molecule is COc1ccc2cc(C(C)C)c(=O)n(CCC(C)C)c2c1. The molecule has 0 saturated heterocycles. The van der Waals surface area contributed by atoms with Crippen LogP contribution >= 0.6 is 0 Å². The van der Waals surface area contributed by atoms with Gasteiger partial charge in [-0.25, -0.2) is 0 Å². The lowest BCUT2D eigenvalue weighted by molar-refractivity contribution is 0.415. The van der Waals surface area contributed by atoms with E-state index in [2.05, 4.69) is 27.7 Å². The number of hydrogen-bond acceptors (Lipinski definition) is 2. The highest BCUT2D eigenvalue weighted by Gasteiger charge is 2.13. The number of benzene rings is 1. The number of ether oxygens (including phenoxy) is 1. The summed E-state index contributed by atoms with van der Waals surface area (Å²) in [5, 5.41) is 1.10. The Bertz CT molecular complexity index is 683. The molecule has 1 aromatic carbocycles. The number of fused-ring (bicyclic) bond motifs is 1. The largest absolute Gasteiger partial charge is 0.497 e. The maximum Gasteiger partial charge on any atom is 0.254 e. The Hall–Kier alpha value is -1.77. The molecule has 1 heterocycles. The fourth-order valence-corrected chi connectivity index (χ4v) is 2.52. The van der Waals surface area contributed by atoms with Crippen LogP contribution in [0, 0.1) is 5.92 Å². The van der Waals surface area contributed by atoms with Gasteiger partial charge in [0.05, 0.1) is 12.6 Å². The maximum atomic E-state index is 12.8. The van der Waals surface area contributed by atoms with Crippen LogP contribution in [-0.4, -0.2) is 11.7 Å². The van der Waals surface area contributed by atoms with E-state index in [9.17, 15) is 4.79 Å². The molecule has 0 aliphatic carbocycles. The van der Waals surface area contributed by atoms with Crippen LogP contribution in [0.3, 0.4) is 0 Å². The number of pyridine rings is 1. The molecule has 0 saturated carbocycles. The first-order valence-electron chi connectivity index (χ1n) is 7.65. The standard InChI is InChI=1S/C18H25NO2/c1-12(2)8-9-19-17-11-15(21-5)7-6-14(17)10-16(13(3)4)18(19)20/h6-7,10-13H,8-9H2,1-5H3. The number of methoxy groups -OCH3 is 1. The first-order chi connectivity index (χ1) is 9.93. The first-order valence-corrected chi connectivity index (χ1v) is 7.65. The van der Waals surface area contributed by atoms with Crippen molar-refractivity contribution in [2.75, 3.05) is 7.11 Å². The van der Waals surface area contributed by atoms with Crippen LogP contribution in [0.25, 0.3) is 10.9 Å². The molecule has 0 atom stereocenters. The molecule has 1 aromatic heterocycles. The Morgan fingerprint density at radius 2 is 1.86 bits per heavy atom. The third-order valence-electron chi connectivity index (χ3n) is 3.88. The average molecular weight is 287 g/mol. The molecule has 0 aliphatic heterocycles. The highest BCUT2D eigenvalue weighted by molar-refractivity contribution is 5.81. The zero-order valence-electron chi connectivity index (χ0n) is 13.6. The van der Waals surface area contributed by atoms with Gasteiger partial charge in [-0.05, 0) is 41.8 Å². The second-order valence-electron chi connectivity index (χ2n) is 6.32. The first kappa shape index (κ1) is 15.6. The van der Waals surface area contributed by atoms with Gasteiger partial charge in [-0.1, -0.05) is 27.7 Å². The second kappa shape index (κ2) is 6.33. The van der Waals surface area contributed by atoms with Gasteiger partial charge in [-0.3, -0.25) is 4.79 Å². The van der Waals surface area contributed by atoms with Gasteiger partial charge in [-0.15, -0.1) is 0 Å². The fraction of sp³-hybridized carbons (Fsp3) is 0.500. The van der Waals surface area contributed by atoms with Gasteiger partial charge < -0.3 is 9.30 Å². The van der Waals surface area contributed by atoms with Crippen molar-refractivity contribution < 1.29 is 4.74 Å². The number of hydrogen-bond donors (Lipinski definition) is 0. The summed E-state index contributed by atoms with van der Waals surface area (Å²) < 4.78 is 7.21. The Balaban J connectivity index is 2.67. The number of aryl methyl sites for hydroxylation is 1. The number of nitrogens with zero attached hydrogens (tertiary/aromatic N) is 1. The summed E-state index contributed by atoms with van der Waals surface area (Å²) in [6, 6.07) is 7.96. The molecular weight excluding hydrogens is 262 g/mol. The molecule has 114 valence electrons. The van der Waals surface area contributed by atoms with E-state index in [1.54, 1.807) is 7.11 Å². The minimum atomic E-state index is 0.131. The topological polar surface area (TPSA) is 31.2 Å². The molecule has 0 bridgehead atoms. The van der Waals surface area contributed by atoms with E-state index in [0.717, 1.165) is 35.2 Å². The number of rotatable bonds is 5. The molecule has 0 N–H and O–H groups in total. The molecule has 0 unspecified atom stereocenters. The zero-order valence-corrected chi connectivity index (χ0v) is 13.6. The van der Waals surface area contributed by atoms with Crippen molar-refractivity contribution in [2.24, 2.45) is 5.92 Å². The summed E-state index contributed by atoms with van der Waals surface area (Å²) >= 11 is 0. The van der Waals surface area contributed by atoms with E-state index < -0.39 is 0 Å². The van der Waals surface area contributed by atoms with Gasteiger partial charge in [0.2, 0.25) is 0 Å². The van der Waals surface area contributed by atoms with E-state index in [4.69, 9.17) is 4.74 Å². The minimum absolute atomic E-state index is 0.131. The third kappa shape index (κ3) is 3.29. The number of aromatic nitrogens is 1. The predicted molar refractivity (Wildman–Crippen MR) is 88.3 cm³/mol. The molecule has 2 rings (SSSR count). The van der Waals surface area contributed by atoms with Gasteiger partial charge in [0.25, 0.3) is 5.56 Å². The smallest absolute Gasteiger partial charge is 0.254 e. The summed E-state index contributed by atoms with van der Waals surface area (Å²) in [4.78, 5) is 12.8. The van der Waals surface area contributed by atoms with Crippen molar-refractivity contribution >= 4 is 10.9 Å². The summed E-state index contributed by atoms with van der Waals surface area (Å²) in [7, 11) is 1.65. The van der Waals surface area contributed by atoms with E-state index >= 15 is 0 Å². The Morgan fingerprint density at radius 1 is 1.14 bits per heavy atom. The van der Waals surface area contributed by atoms with Crippen molar-refractivity contribution in [1.29, 1.82) is 0 Å². The third-order valence-corrected chi connectivity index (χ3v) is 3.88. The van der Waals surface area contributed by atoms with E-state index in [1.165, 1.54) is 0 Å². The summed E-state index contributed by atoms with van der Waals surface area (Å²) in [6.07, 6.45) is 0.994. The summed E-state index contributed by atoms with van der Waals surface area (Å²) in [5.41, 5.74) is 1.98. The lowest BCUT2D eigenvalue weighted by atomic mass is 10.0. The molecule has 3 nitrogen and oxygen atoms in total. The lowest BCUT2D eigenvalue weighted by Crippen LogP contribution is -2.25. The van der Waals surface area contributed by atoms with E-state index in [-0.39, 0.29) is 11.5 Å². The fourth-order valence-electron chi connectivity index (χ4n) is 2.52. The van der Waals surface area contributed by atoms with Gasteiger partial charge in [0.1, 0.15) is 5.75 Å². The molecule has 2 aromatic rings. The van der Waals surface area contributed by atoms with Crippen molar-refractivity contribution in [3.8, 4) is 5.75 Å². The summed E-state index contributed by atoms with van der Waals surface area (Å²) in [5.74, 6) is 1.59. The monoisotopic (exact) mass is 287 g/mol. The molecule has 21 heavy (non-hydrogen) atoms. The van der Waals surface area contributed by atoms with Crippen LogP contribution in [0.5, 0.6) is 5.75 Å². The van der Waals surface area contributed by atoms with Crippen molar-refractivity contribution in [3.05, 3.63) is 40.2 Å². The molecular formula is C18H25NO2. The molecule has 0 radical (unpaired) electrons. The van der Waals surface area contributed by atoms with Crippen LogP contribution in [0.2, 0.25) is 0 Å². The van der Waals surface area contributed by atoms with Crippen LogP contribution in [0.1, 0.15) is 45.6 Å². The molecule has 0 aliphatic rings. The Morgan fingerprint density at radius 3 is 2.43 bits per heavy atom. The zero-order chi connectivity index (χ0) is 15.6. The van der Waals surface area contributed by atoms with Crippen LogP contribution in [0.15, 0.2) is 29.1 Å². The maximum absolute atomic E-state index is 12.8. The lowest BCUT2D eigenvalue weighted by Gasteiger charge is -2.16. The second-order valence-corrected chi connectivity index (χ2v) is 6.32. The van der Waals surface area contributed by atoms with Gasteiger partial charge in [0.15, 0.2) is 0 Å². The van der Waals surface area contributed by atoms with Crippen molar-refractivity contribution in [2.45, 2.75) is 46.6 Å². The predicted octanol–water partition coefficient (Wildman–Crippen LogP) is 4.18. The van der Waals surface area contributed by atoms with E-state index in [0.29, 0.717) is 5.92 Å².